The number of H-pyrrole nitrogens is 1. The van der Waals surface area contributed by atoms with E-state index in [9.17, 15) is 9.59 Å². The zero-order chi connectivity index (χ0) is 16.2. The molecule has 0 aliphatic rings. The van der Waals surface area contributed by atoms with E-state index >= 15 is 0 Å². The fourth-order valence-corrected chi connectivity index (χ4v) is 3.22. The Labute approximate surface area is 136 Å². The van der Waals surface area contributed by atoms with Crippen molar-refractivity contribution in [3.05, 3.63) is 56.9 Å². The first kappa shape index (κ1) is 15.6. The Hall–Kier alpha value is -2.28. The van der Waals surface area contributed by atoms with Crippen molar-refractivity contribution >= 4 is 22.9 Å². The molecule has 0 saturated heterocycles. The Bertz CT molecular complexity index is 926. The summed E-state index contributed by atoms with van der Waals surface area (Å²) in [6.45, 7) is 2.54. The van der Waals surface area contributed by atoms with Crippen LogP contribution >= 0.6 is 11.8 Å². The number of oxazole rings is 1. The number of hydrogen-bond donors (Lipinski definition) is 1. The van der Waals surface area contributed by atoms with Crippen molar-refractivity contribution in [2.45, 2.75) is 31.5 Å². The van der Waals surface area contributed by atoms with Crippen LogP contribution < -0.4 is 11.3 Å². The van der Waals surface area contributed by atoms with Gasteiger partial charge in [0.15, 0.2) is 10.7 Å². The molecule has 0 unspecified atom stereocenters. The van der Waals surface area contributed by atoms with E-state index in [1.807, 2.05) is 25.1 Å². The third-order valence-electron chi connectivity index (χ3n) is 3.41. The summed E-state index contributed by atoms with van der Waals surface area (Å²) in [6, 6.07) is 8.86. The number of rotatable bonds is 6. The quantitative estimate of drug-likeness (QED) is 0.554. The number of aromatic nitrogens is 3. The molecule has 2 aromatic heterocycles. The largest absolute Gasteiger partial charge is 0.419 e. The summed E-state index contributed by atoms with van der Waals surface area (Å²) in [4.78, 5) is 30.7. The van der Waals surface area contributed by atoms with E-state index in [4.69, 9.17) is 4.42 Å². The summed E-state index contributed by atoms with van der Waals surface area (Å²) in [6.07, 6.45) is 1.72. The smallest absolute Gasteiger partial charge is 0.408 e. The summed E-state index contributed by atoms with van der Waals surface area (Å²) < 4.78 is 6.79. The summed E-state index contributed by atoms with van der Waals surface area (Å²) in [5, 5.41) is 0.585. The fraction of sp³-hybridized carbons (Fsp3) is 0.312. The van der Waals surface area contributed by atoms with E-state index in [1.165, 1.54) is 17.8 Å². The predicted octanol–water partition coefficient (Wildman–Crippen LogP) is 2.42. The van der Waals surface area contributed by atoms with Crippen molar-refractivity contribution in [2.75, 3.05) is 5.75 Å². The van der Waals surface area contributed by atoms with Crippen LogP contribution in [0.1, 0.15) is 19.0 Å². The minimum Gasteiger partial charge on any atom is -0.408 e. The molecule has 3 rings (SSSR count). The lowest BCUT2D eigenvalue weighted by Gasteiger charge is -2.04. The number of para-hydroxylation sites is 2. The average Bonchev–Trinajstić information content (AvgIpc) is 2.83. The van der Waals surface area contributed by atoms with Gasteiger partial charge in [-0.05, 0) is 18.6 Å². The number of aromatic amines is 1. The molecule has 2 heterocycles. The van der Waals surface area contributed by atoms with Crippen LogP contribution in [0.15, 0.2) is 49.5 Å². The van der Waals surface area contributed by atoms with E-state index < -0.39 is 0 Å². The van der Waals surface area contributed by atoms with Gasteiger partial charge in [-0.15, -0.1) is 0 Å². The molecule has 0 amide bonds. The van der Waals surface area contributed by atoms with Gasteiger partial charge < -0.3 is 9.40 Å². The maximum atomic E-state index is 11.9. The highest BCUT2D eigenvalue weighted by Crippen LogP contribution is 2.15. The first-order valence-electron chi connectivity index (χ1n) is 7.49. The molecule has 3 aromatic rings. The number of hydrogen-bond acceptors (Lipinski definition) is 5. The van der Waals surface area contributed by atoms with E-state index in [1.54, 1.807) is 10.6 Å². The van der Waals surface area contributed by atoms with Gasteiger partial charge in [0.05, 0.1) is 5.52 Å². The van der Waals surface area contributed by atoms with Gasteiger partial charge in [-0.3, -0.25) is 9.36 Å². The molecule has 23 heavy (non-hydrogen) atoms. The fourth-order valence-electron chi connectivity index (χ4n) is 2.40. The Morgan fingerprint density at radius 3 is 2.96 bits per heavy atom. The van der Waals surface area contributed by atoms with Gasteiger partial charge >= 0.3 is 5.76 Å². The molecule has 120 valence electrons. The average molecular weight is 331 g/mol. The standard InChI is InChI=1S/C16H17N3O3S/c1-2-5-11-10-14(20)18-15(17-11)23-9-8-19-12-6-3-4-7-13(12)22-16(19)21/h3-4,6-7,10H,2,5,8-9H2,1H3,(H,17,18,20). The third kappa shape index (κ3) is 3.56. The predicted molar refractivity (Wildman–Crippen MR) is 90.1 cm³/mol. The van der Waals surface area contributed by atoms with Crippen LogP contribution in [-0.2, 0) is 13.0 Å². The van der Waals surface area contributed by atoms with Gasteiger partial charge in [-0.2, -0.15) is 0 Å². The molecule has 0 aliphatic carbocycles. The summed E-state index contributed by atoms with van der Waals surface area (Å²) in [5.41, 5.74) is 2.01. The number of fused-ring (bicyclic) bond motifs is 1. The minimum atomic E-state index is -0.368. The topological polar surface area (TPSA) is 80.9 Å². The monoisotopic (exact) mass is 331 g/mol. The minimum absolute atomic E-state index is 0.142. The van der Waals surface area contributed by atoms with Gasteiger partial charge in [0.2, 0.25) is 0 Å². The normalized spacial score (nSPS) is 11.2. The maximum absolute atomic E-state index is 11.9. The van der Waals surface area contributed by atoms with Crippen molar-refractivity contribution in [1.82, 2.24) is 14.5 Å². The van der Waals surface area contributed by atoms with Crippen molar-refractivity contribution in [3.63, 3.8) is 0 Å². The van der Waals surface area contributed by atoms with Gasteiger partial charge in [-0.1, -0.05) is 37.2 Å². The van der Waals surface area contributed by atoms with Crippen LogP contribution in [-0.4, -0.2) is 20.3 Å². The molecule has 0 aliphatic heterocycles. The van der Waals surface area contributed by atoms with Crippen LogP contribution in [0.4, 0.5) is 0 Å². The SMILES string of the molecule is CCCc1cc(=O)[nH]c(SCCn2c(=O)oc3ccccc32)n1. The molecular weight excluding hydrogens is 314 g/mol. The number of nitrogens with one attached hydrogen (secondary N) is 1. The lowest BCUT2D eigenvalue weighted by atomic mass is 10.2. The molecular formula is C16H17N3O3S. The van der Waals surface area contributed by atoms with Crippen molar-refractivity contribution in [3.8, 4) is 0 Å². The molecule has 0 radical (unpaired) electrons. The Kier molecular flexibility index (Phi) is 4.66. The molecule has 0 bridgehead atoms. The third-order valence-corrected chi connectivity index (χ3v) is 4.26. The van der Waals surface area contributed by atoms with Crippen molar-refractivity contribution in [2.24, 2.45) is 0 Å². The van der Waals surface area contributed by atoms with E-state index in [0.717, 1.165) is 24.1 Å². The van der Waals surface area contributed by atoms with Crippen LogP contribution in [0.2, 0.25) is 0 Å². The Morgan fingerprint density at radius 1 is 1.30 bits per heavy atom. The Morgan fingerprint density at radius 2 is 2.13 bits per heavy atom. The first-order chi connectivity index (χ1) is 11.2. The molecule has 6 nitrogen and oxygen atoms in total. The molecule has 0 saturated carbocycles. The molecule has 0 atom stereocenters. The summed E-state index contributed by atoms with van der Waals surface area (Å²) in [7, 11) is 0. The van der Waals surface area contributed by atoms with Crippen LogP contribution in [0.3, 0.4) is 0 Å². The first-order valence-corrected chi connectivity index (χ1v) is 8.47. The Balaban J connectivity index is 1.73. The lowest BCUT2D eigenvalue weighted by molar-refractivity contribution is 0.514. The molecule has 0 spiro atoms. The second-order valence-corrected chi connectivity index (χ2v) is 6.21. The van der Waals surface area contributed by atoms with Crippen molar-refractivity contribution in [1.29, 1.82) is 0 Å². The highest BCUT2D eigenvalue weighted by Gasteiger charge is 2.09. The second kappa shape index (κ2) is 6.87. The summed E-state index contributed by atoms with van der Waals surface area (Å²) >= 11 is 1.42. The number of nitrogens with zero attached hydrogens (tertiary/aromatic N) is 2. The van der Waals surface area contributed by atoms with Gasteiger partial charge in [-0.25, -0.2) is 9.78 Å². The highest BCUT2D eigenvalue weighted by molar-refractivity contribution is 7.99. The zero-order valence-electron chi connectivity index (χ0n) is 12.7. The lowest BCUT2D eigenvalue weighted by Crippen LogP contribution is -2.16. The zero-order valence-corrected chi connectivity index (χ0v) is 13.6. The van der Waals surface area contributed by atoms with Crippen LogP contribution in [0, 0.1) is 0 Å². The number of aryl methyl sites for hydroxylation is 2. The molecule has 1 N–H and O–H groups in total. The van der Waals surface area contributed by atoms with E-state index in [-0.39, 0.29) is 11.3 Å². The van der Waals surface area contributed by atoms with Crippen LogP contribution in [0.5, 0.6) is 0 Å². The number of thioether (sulfide) groups is 1. The van der Waals surface area contributed by atoms with Gasteiger partial charge in [0, 0.05) is 24.1 Å². The molecule has 7 heteroatoms. The van der Waals surface area contributed by atoms with E-state index in [0.29, 0.717) is 23.0 Å². The number of benzene rings is 1. The highest BCUT2D eigenvalue weighted by atomic mass is 32.2. The molecule has 0 fully saturated rings. The van der Waals surface area contributed by atoms with Gasteiger partial charge in [0.1, 0.15) is 0 Å². The second-order valence-electron chi connectivity index (χ2n) is 5.13. The van der Waals surface area contributed by atoms with E-state index in [2.05, 4.69) is 9.97 Å². The van der Waals surface area contributed by atoms with Crippen molar-refractivity contribution < 1.29 is 4.42 Å². The van der Waals surface area contributed by atoms with Crippen LogP contribution in [0.25, 0.3) is 11.1 Å². The summed E-state index contributed by atoms with van der Waals surface area (Å²) in [5.74, 6) is 0.245. The van der Waals surface area contributed by atoms with Gasteiger partial charge in [0.25, 0.3) is 5.56 Å². The molecule has 1 aromatic carbocycles. The maximum Gasteiger partial charge on any atom is 0.419 e.